The van der Waals surface area contributed by atoms with Crippen molar-refractivity contribution in [2.45, 2.75) is 24.1 Å². The highest BCUT2D eigenvalue weighted by Crippen LogP contribution is 2.04. The molecule has 0 saturated heterocycles. The van der Waals surface area contributed by atoms with Crippen LogP contribution >= 0.6 is 15.9 Å². The summed E-state index contributed by atoms with van der Waals surface area (Å²) in [6, 6.07) is 0. The van der Waals surface area contributed by atoms with Crippen molar-refractivity contribution in [2.75, 3.05) is 6.54 Å². The molecule has 0 heterocycles. The van der Waals surface area contributed by atoms with Crippen molar-refractivity contribution in [3.63, 3.8) is 0 Å². The normalized spacial score (nSPS) is 11.8. The van der Waals surface area contributed by atoms with Gasteiger partial charge in [-0.2, -0.15) is 0 Å². The molecule has 0 aromatic carbocycles. The zero-order chi connectivity index (χ0) is 11.8. The average Bonchev–Trinajstić information content (AvgIpc) is 2.12. The molecule has 1 unspecified atom stereocenters. The number of carbonyl (C=O) groups excluding carboxylic acids is 1. The average molecular weight is 282 g/mol. The van der Waals surface area contributed by atoms with Crippen LogP contribution in [0.3, 0.4) is 0 Å². The Bertz CT molecular complexity index is 255. The number of carboxylic acids is 2. The van der Waals surface area contributed by atoms with Gasteiger partial charge in [-0.1, -0.05) is 15.9 Å². The minimum Gasteiger partial charge on any atom is -0.481 e. The summed E-state index contributed by atoms with van der Waals surface area (Å²) in [5.41, 5.74) is 0. The molecule has 0 spiro atoms. The summed E-state index contributed by atoms with van der Waals surface area (Å²) in [5.74, 6) is -2.44. The van der Waals surface area contributed by atoms with E-state index in [1.54, 1.807) is 0 Å². The molecule has 0 bridgehead atoms. The van der Waals surface area contributed by atoms with Gasteiger partial charge in [-0.3, -0.25) is 14.4 Å². The van der Waals surface area contributed by atoms with Crippen LogP contribution in [0.4, 0.5) is 0 Å². The summed E-state index contributed by atoms with van der Waals surface area (Å²) in [7, 11) is 0. The number of rotatable bonds is 7. The molecule has 3 N–H and O–H groups in total. The Hall–Kier alpha value is -1.11. The summed E-state index contributed by atoms with van der Waals surface area (Å²) in [6.45, 7) is 0.241. The number of amides is 1. The molecule has 0 rings (SSSR count). The molecule has 0 radical (unpaired) electrons. The maximum absolute atomic E-state index is 11.1. The van der Waals surface area contributed by atoms with E-state index in [1.165, 1.54) is 0 Å². The molecule has 0 fully saturated rings. The molecule has 86 valence electrons. The molecule has 0 saturated carbocycles. The fraction of sp³-hybridized carbons (Fsp3) is 0.625. The highest BCUT2D eigenvalue weighted by atomic mass is 79.9. The van der Waals surface area contributed by atoms with Crippen molar-refractivity contribution < 1.29 is 24.6 Å². The molecular formula is C8H12BrNO5. The van der Waals surface area contributed by atoms with Crippen LogP contribution in [0.5, 0.6) is 0 Å². The van der Waals surface area contributed by atoms with Gasteiger partial charge in [0.1, 0.15) is 4.83 Å². The van der Waals surface area contributed by atoms with E-state index in [0.29, 0.717) is 6.42 Å². The molecule has 1 amide bonds. The third-order valence-corrected chi connectivity index (χ3v) is 2.24. The molecule has 1 atom stereocenters. The Morgan fingerprint density at radius 2 is 1.87 bits per heavy atom. The number of carboxylic acid groups (broad SMARTS) is 2. The molecule has 6 nitrogen and oxygen atoms in total. The van der Waals surface area contributed by atoms with Crippen molar-refractivity contribution >= 4 is 33.8 Å². The zero-order valence-electron chi connectivity index (χ0n) is 7.90. The van der Waals surface area contributed by atoms with Crippen LogP contribution in [0.2, 0.25) is 0 Å². The first-order valence-electron chi connectivity index (χ1n) is 4.29. The smallest absolute Gasteiger partial charge is 0.317 e. The third kappa shape index (κ3) is 7.92. The van der Waals surface area contributed by atoms with Gasteiger partial charge in [-0.05, 0) is 6.42 Å². The standard InChI is InChI=1S/C8H12BrNO5/c9-5(8(14)15)4-6(11)10-3-1-2-7(12)13/h5H,1-4H2,(H,10,11)(H,12,13)(H,14,15). The topological polar surface area (TPSA) is 104 Å². The summed E-state index contributed by atoms with van der Waals surface area (Å²) < 4.78 is 0. The second kappa shape index (κ2) is 7.22. The largest absolute Gasteiger partial charge is 0.481 e. The van der Waals surface area contributed by atoms with Gasteiger partial charge in [-0.15, -0.1) is 0 Å². The van der Waals surface area contributed by atoms with Crippen molar-refractivity contribution in [1.29, 1.82) is 0 Å². The number of nitrogens with one attached hydrogen (secondary N) is 1. The highest BCUT2D eigenvalue weighted by molar-refractivity contribution is 9.10. The lowest BCUT2D eigenvalue weighted by atomic mass is 10.2. The first-order chi connectivity index (χ1) is 6.93. The van der Waals surface area contributed by atoms with Crippen LogP contribution in [-0.2, 0) is 14.4 Å². The lowest BCUT2D eigenvalue weighted by Crippen LogP contribution is -2.29. The van der Waals surface area contributed by atoms with Gasteiger partial charge in [0, 0.05) is 19.4 Å². The Kier molecular flexibility index (Phi) is 6.68. The van der Waals surface area contributed by atoms with Gasteiger partial charge in [0.05, 0.1) is 0 Å². The second-order valence-corrected chi connectivity index (χ2v) is 3.96. The predicted molar refractivity (Wildman–Crippen MR) is 54.8 cm³/mol. The lowest BCUT2D eigenvalue weighted by Gasteiger charge is -2.05. The van der Waals surface area contributed by atoms with E-state index in [9.17, 15) is 14.4 Å². The molecule has 0 aliphatic rings. The summed E-state index contributed by atoms with van der Waals surface area (Å²) in [4.78, 5) is 30.6. The Morgan fingerprint density at radius 3 is 2.33 bits per heavy atom. The van der Waals surface area contributed by atoms with Crippen LogP contribution in [0.25, 0.3) is 0 Å². The Morgan fingerprint density at radius 1 is 1.27 bits per heavy atom. The quantitative estimate of drug-likeness (QED) is 0.457. The molecular weight excluding hydrogens is 270 g/mol. The summed E-state index contributed by atoms with van der Waals surface area (Å²) in [6.07, 6.45) is 0.153. The van der Waals surface area contributed by atoms with Crippen LogP contribution in [0.15, 0.2) is 0 Å². The van der Waals surface area contributed by atoms with Gasteiger partial charge < -0.3 is 15.5 Å². The maximum atomic E-state index is 11.1. The van der Waals surface area contributed by atoms with E-state index >= 15 is 0 Å². The fourth-order valence-electron chi connectivity index (χ4n) is 0.790. The molecule has 0 aliphatic heterocycles. The van der Waals surface area contributed by atoms with Gasteiger partial charge in [0.25, 0.3) is 0 Å². The monoisotopic (exact) mass is 281 g/mol. The molecule has 0 aromatic rings. The number of halogens is 1. The zero-order valence-corrected chi connectivity index (χ0v) is 9.49. The van der Waals surface area contributed by atoms with Gasteiger partial charge in [0.2, 0.25) is 5.91 Å². The number of hydrogen-bond acceptors (Lipinski definition) is 3. The third-order valence-electron chi connectivity index (χ3n) is 1.52. The van der Waals surface area contributed by atoms with Gasteiger partial charge >= 0.3 is 11.9 Å². The summed E-state index contributed by atoms with van der Waals surface area (Å²) in [5, 5.41) is 19.2. The Balaban J connectivity index is 3.58. The SMILES string of the molecule is O=C(O)CCCNC(=O)CC(Br)C(=O)O. The first kappa shape index (κ1) is 13.9. The van der Waals surface area contributed by atoms with E-state index in [0.717, 1.165) is 0 Å². The van der Waals surface area contributed by atoms with E-state index in [-0.39, 0.29) is 19.4 Å². The second-order valence-electron chi connectivity index (χ2n) is 2.86. The number of carbonyl (C=O) groups is 3. The lowest BCUT2D eigenvalue weighted by molar-refractivity contribution is -0.138. The minimum atomic E-state index is -1.10. The predicted octanol–water partition coefficient (Wildman–Crippen LogP) is 0.206. The van der Waals surface area contributed by atoms with E-state index in [1.807, 2.05) is 0 Å². The molecule has 7 heteroatoms. The van der Waals surface area contributed by atoms with Crippen molar-refractivity contribution in [1.82, 2.24) is 5.32 Å². The van der Waals surface area contributed by atoms with Crippen molar-refractivity contribution in [3.8, 4) is 0 Å². The Labute approximate surface area is 94.8 Å². The number of hydrogen-bond donors (Lipinski definition) is 3. The first-order valence-corrected chi connectivity index (χ1v) is 5.20. The minimum absolute atomic E-state index is 0.0169. The van der Waals surface area contributed by atoms with Crippen LogP contribution in [-0.4, -0.2) is 39.4 Å². The number of aliphatic carboxylic acids is 2. The number of alkyl halides is 1. The van der Waals surface area contributed by atoms with Crippen molar-refractivity contribution in [3.05, 3.63) is 0 Å². The van der Waals surface area contributed by atoms with Crippen LogP contribution in [0.1, 0.15) is 19.3 Å². The fourth-order valence-corrected chi connectivity index (χ4v) is 1.08. The molecule has 15 heavy (non-hydrogen) atoms. The maximum Gasteiger partial charge on any atom is 0.317 e. The van der Waals surface area contributed by atoms with Gasteiger partial charge in [-0.25, -0.2) is 0 Å². The summed E-state index contributed by atoms with van der Waals surface area (Å²) >= 11 is 2.82. The van der Waals surface area contributed by atoms with E-state index in [4.69, 9.17) is 10.2 Å². The van der Waals surface area contributed by atoms with Crippen LogP contribution < -0.4 is 5.32 Å². The van der Waals surface area contributed by atoms with Gasteiger partial charge in [0.15, 0.2) is 0 Å². The van der Waals surface area contributed by atoms with E-state index in [2.05, 4.69) is 21.2 Å². The van der Waals surface area contributed by atoms with Crippen LogP contribution in [0, 0.1) is 0 Å². The molecule has 0 aliphatic carbocycles. The molecule has 0 aromatic heterocycles. The van der Waals surface area contributed by atoms with E-state index < -0.39 is 22.7 Å². The van der Waals surface area contributed by atoms with Crippen molar-refractivity contribution in [2.24, 2.45) is 0 Å². The highest BCUT2D eigenvalue weighted by Gasteiger charge is 2.16.